The monoisotopic (exact) mass is 369 g/mol. The lowest BCUT2D eigenvalue weighted by atomic mass is 10.3. The number of hydrogen-bond acceptors (Lipinski definition) is 2. The summed E-state index contributed by atoms with van der Waals surface area (Å²) in [6.07, 6.45) is 1.71. The van der Waals surface area contributed by atoms with E-state index in [0.717, 1.165) is 4.47 Å². The van der Waals surface area contributed by atoms with Crippen LogP contribution in [0, 0.1) is 11.2 Å². The van der Waals surface area contributed by atoms with E-state index in [-0.39, 0.29) is 5.56 Å². The van der Waals surface area contributed by atoms with Gasteiger partial charge in [0.1, 0.15) is 0 Å². The lowest BCUT2D eigenvalue weighted by Gasteiger charge is -1.98. The summed E-state index contributed by atoms with van der Waals surface area (Å²) < 4.78 is 2.36. The van der Waals surface area contributed by atoms with E-state index in [1.807, 2.05) is 0 Å². The molecule has 0 spiro atoms. The SMILES string of the molecule is Cn1cc(Br)cc(C#CSI)c1=O. The molecule has 1 aromatic rings. The minimum absolute atomic E-state index is 0.0684. The molecule has 0 N–H and O–H groups in total. The molecule has 0 unspecified atom stereocenters. The molecule has 0 aliphatic carbocycles. The van der Waals surface area contributed by atoms with Crippen molar-refractivity contribution in [2.75, 3.05) is 0 Å². The molecule has 0 aliphatic rings. The zero-order chi connectivity index (χ0) is 9.84. The predicted octanol–water partition coefficient (Wildman–Crippen LogP) is 2.54. The van der Waals surface area contributed by atoms with Crippen molar-refractivity contribution in [3.8, 4) is 11.2 Å². The van der Waals surface area contributed by atoms with E-state index in [1.165, 1.54) is 13.5 Å². The summed E-state index contributed by atoms with van der Waals surface area (Å²) in [5.74, 6) is 2.79. The summed E-state index contributed by atoms with van der Waals surface area (Å²) in [6, 6.07) is 1.72. The molecule has 0 aromatic carbocycles. The highest BCUT2D eigenvalue weighted by molar-refractivity contribution is 14.2. The summed E-state index contributed by atoms with van der Waals surface area (Å²) in [7, 11) is 3.07. The smallest absolute Gasteiger partial charge is 0.266 e. The van der Waals surface area contributed by atoms with Gasteiger partial charge >= 0.3 is 0 Å². The van der Waals surface area contributed by atoms with Gasteiger partial charge in [-0.3, -0.25) is 4.79 Å². The zero-order valence-electron chi connectivity index (χ0n) is 6.67. The molecule has 0 aliphatic heterocycles. The highest BCUT2D eigenvalue weighted by Gasteiger charge is 1.99. The molecule has 0 atom stereocenters. The van der Waals surface area contributed by atoms with Crippen LogP contribution in [0.2, 0.25) is 0 Å². The Hall–Kier alpha value is 0.0700. The van der Waals surface area contributed by atoms with Crippen LogP contribution in [0.3, 0.4) is 0 Å². The van der Waals surface area contributed by atoms with Gasteiger partial charge in [-0.2, -0.15) is 0 Å². The Morgan fingerprint density at radius 3 is 3.00 bits per heavy atom. The van der Waals surface area contributed by atoms with E-state index in [2.05, 4.69) is 48.3 Å². The van der Waals surface area contributed by atoms with Crippen molar-refractivity contribution in [3.05, 3.63) is 32.7 Å². The van der Waals surface area contributed by atoms with Crippen LogP contribution >= 0.6 is 46.1 Å². The maximum absolute atomic E-state index is 11.5. The first kappa shape index (κ1) is 11.1. The van der Waals surface area contributed by atoms with Gasteiger partial charge < -0.3 is 4.57 Å². The van der Waals surface area contributed by atoms with E-state index in [1.54, 1.807) is 19.3 Å². The zero-order valence-corrected chi connectivity index (χ0v) is 11.2. The molecular weight excluding hydrogens is 365 g/mol. The molecule has 1 rings (SSSR count). The van der Waals surface area contributed by atoms with Crippen LogP contribution in [0.1, 0.15) is 5.56 Å². The minimum atomic E-state index is -0.0684. The van der Waals surface area contributed by atoms with Crippen molar-refractivity contribution in [2.45, 2.75) is 0 Å². The molecule has 1 heterocycles. The molecular formula is C8H5BrINOS. The van der Waals surface area contributed by atoms with Gasteiger partial charge in [0.25, 0.3) is 5.56 Å². The van der Waals surface area contributed by atoms with E-state index in [9.17, 15) is 4.79 Å². The van der Waals surface area contributed by atoms with Crippen molar-refractivity contribution in [2.24, 2.45) is 7.05 Å². The quantitative estimate of drug-likeness (QED) is 0.518. The van der Waals surface area contributed by atoms with Crippen molar-refractivity contribution in [3.63, 3.8) is 0 Å². The topological polar surface area (TPSA) is 22.0 Å². The van der Waals surface area contributed by atoms with Crippen LogP contribution in [0.4, 0.5) is 0 Å². The molecule has 0 saturated carbocycles. The first-order valence-electron chi connectivity index (χ1n) is 3.30. The fourth-order valence-electron chi connectivity index (χ4n) is 0.834. The molecule has 2 nitrogen and oxygen atoms in total. The van der Waals surface area contributed by atoms with Crippen LogP contribution < -0.4 is 5.56 Å². The Kier molecular flexibility index (Phi) is 4.35. The molecule has 68 valence electrons. The Bertz CT molecular complexity index is 432. The third-order valence-electron chi connectivity index (χ3n) is 1.37. The van der Waals surface area contributed by atoms with Crippen molar-refractivity contribution >= 4 is 46.1 Å². The average Bonchev–Trinajstić information content (AvgIpc) is 2.09. The first-order valence-corrected chi connectivity index (χ1v) is 7.45. The van der Waals surface area contributed by atoms with E-state index in [0.29, 0.717) is 5.56 Å². The molecule has 1 aromatic heterocycles. The van der Waals surface area contributed by atoms with E-state index < -0.39 is 0 Å². The largest absolute Gasteiger partial charge is 0.316 e. The standard InChI is InChI=1S/C8H5BrINOS/c1-11-5-7(9)4-6(8(11)12)2-3-13-10/h4-5H,1H3. The number of aromatic nitrogens is 1. The Morgan fingerprint density at radius 1 is 1.69 bits per heavy atom. The highest BCUT2D eigenvalue weighted by Crippen LogP contribution is 2.09. The van der Waals surface area contributed by atoms with Crippen LogP contribution in [0.15, 0.2) is 21.5 Å². The lowest BCUT2D eigenvalue weighted by Crippen LogP contribution is -2.18. The summed E-state index contributed by atoms with van der Waals surface area (Å²) >= 11 is 5.37. The summed E-state index contributed by atoms with van der Waals surface area (Å²) in [5.41, 5.74) is 0.446. The minimum Gasteiger partial charge on any atom is -0.316 e. The summed E-state index contributed by atoms with van der Waals surface area (Å²) in [6.45, 7) is 0. The Labute approximate surface area is 101 Å². The summed E-state index contributed by atoms with van der Waals surface area (Å²) in [4.78, 5) is 11.5. The van der Waals surface area contributed by atoms with Gasteiger partial charge in [-0.1, -0.05) is 0 Å². The van der Waals surface area contributed by atoms with Crippen LogP contribution in [-0.2, 0) is 7.05 Å². The molecule has 0 bridgehead atoms. The van der Waals surface area contributed by atoms with Crippen molar-refractivity contribution < 1.29 is 0 Å². The van der Waals surface area contributed by atoms with Gasteiger partial charge in [0, 0.05) is 38.9 Å². The Morgan fingerprint density at radius 2 is 2.38 bits per heavy atom. The number of hydrogen-bond donors (Lipinski definition) is 0. The van der Waals surface area contributed by atoms with Gasteiger partial charge in [-0.15, -0.1) is 0 Å². The third-order valence-corrected chi connectivity index (χ3v) is 2.65. The number of aryl methyl sites for hydroxylation is 1. The fourth-order valence-corrected chi connectivity index (χ4v) is 1.85. The normalized spacial score (nSPS) is 9.15. The second kappa shape index (κ2) is 5.08. The molecule has 0 fully saturated rings. The summed E-state index contributed by atoms with van der Waals surface area (Å²) in [5, 5.41) is 2.78. The number of nitrogens with zero attached hydrogens (tertiary/aromatic N) is 1. The maximum atomic E-state index is 11.5. The molecule has 13 heavy (non-hydrogen) atoms. The fraction of sp³-hybridized carbons (Fsp3) is 0.125. The number of rotatable bonds is 0. The molecule has 0 radical (unpaired) electrons. The van der Waals surface area contributed by atoms with Crippen LogP contribution in [-0.4, -0.2) is 4.57 Å². The number of halogens is 2. The van der Waals surface area contributed by atoms with E-state index >= 15 is 0 Å². The highest BCUT2D eigenvalue weighted by atomic mass is 127. The van der Waals surface area contributed by atoms with Crippen LogP contribution in [0.5, 0.6) is 0 Å². The van der Waals surface area contributed by atoms with Crippen molar-refractivity contribution in [1.82, 2.24) is 4.57 Å². The second-order valence-electron chi connectivity index (χ2n) is 2.29. The van der Waals surface area contributed by atoms with Crippen LogP contribution in [0.25, 0.3) is 0 Å². The molecule has 0 saturated heterocycles. The molecule has 5 heteroatoms. The van der Waals surface area contributed by atoms with Gasteiger partial charge in [0.05, 0.1) is 5.56 Å². The predicted molar refractivity (Wildman–Crippen MR) is 67.9 cm³/mol. The van der Waals surface area contributed by atoms with Crippen molar-refractivity contribution in [1.29, 1.82) is 0 Å². The molecule has 0 amide bonds. The van der Waals surface area contributed by atoms with Gasteiger partial charge in [-0.05, 0) is 42.1 Å². The van der Waals surface area contributed by atoms with Gasteiger partial charge in [0.2, 0.25) is 0 Å². The Balaban J connectivity index is 3.29. The third kappa shape index (κ3) is 3.04. The lowest BCUT2D eigenvalue weighted by molar-refractivity contribution is 0.851. The second-order valence-corrected chi connectivity index (χ2v) is 4.89. The van der Waals surface area contributed by atoms with Gasteiger partial charge in [0.15, 0.2) is 0 Å². The average molecular weight is 370 g/mol. The van der Waals surface area contributed by atoms with Gasteiger partial charge in [-0.25, -0.2) is 0 Å². The first-order chi connectivity index (χ1) is 6.15. The maximum Gasteiger partial charge on any atom is 0.266 e. The van der Waals surface area contributed by atoms with E-state index in [4.69, 9.17) is 0 Å². The number of pyridine rings is 1.